The quantitative estimate of drug-likeness (QED) is 0.702. The van der Waals surface area contributed by atoms with Crippen LogP contribution >= 0.6 is 11.6 Å². The number of ether oxygens (including phenoxy) is 2. The third-order valence-corrected chi connectivity index (χ3v) is 3.91. The van der Waals surface area contributed by atoms with E-state index in [0.717, 1.165) is 5.56 Å². The molecule has 3 nitrogen and oxygen atoms in total. The fraction of sp³-hybridized carbons (Fsp3) is 0.350. The molecule has 0 amide bonds. The normalized spacial score (nSPS) is 12.5. The smallest absolute Gasteiger partial charge is 0.347 e. The van der Waals surface area contributed by atoms with Crippen LogP contribution in [0.5, 0.6) is 5.75 Å². The van der Waals surface area contributed by atoms with Gasteiger partial charge in [0.25, 0.3) is 0 Å². The van der Waals surface area contributed by atoms with Crippen LogP contribution in [0.2, 0.25) is 5.02 Å². The van der Waals surface area contributed by atoms with Crippen LogP contribution in [-0.2, 0) is 21.6 Å². The number of benzene rings is 2. The van der Waals surface area contributed by atoms with Crippen molar-refractivity contribution in [3.63, 3.8) is 0 Å². The van der Waals surface area contributed by atoms with Crippen molar-refractivity contribution in [1.82, 2.24) is 0 Å². The summed E-state index contributed by atoms with van der Waals surface area (Å²) in [6, 6.07) is 15.0. The maximum Gasteiger partial charge on any atom is 0.347 e. The summed E-state index contributed by atoms with van der Waals surface area (Å²) >= 11 is 5.82. The van der Waals surface area contributed by atoms with E-state index in [2.05, 4.69) is 32.9 Å². The average molecular weight is 347 g/mol. The van der Waals surface area contributed by atoms with E-state index in [-0.39, 0.29) is 12.0 Å². The molecule has 0 radical (unpaired) electrons. The van der Waals surface area contributed by atoms with Gasteiger partial charge in [-0.2, -0.15) is 0 Å². The molecule has 4 heteroatoms. The maximum atomic E-state index is 12.0. The Labute approximate surface area is 148 Å². The van der Waals surface area contributed by atoms with Gasteiger partial charge in [-0.3, -0.25) is 0 Å². The Morgan fingerprint density at radius 1 is 1.04 bits per heavy atom. The molecule has 0 aliphatic rings. The Kier molecular flexibility index (Phi) is 5.89. The molecule has 24 heavy (non-hydrogen) atoms. The monoisotopic (exact) mass is 346 g/mol. The van der Waals surface area contributed by atoms with Crippen molar-refractivity contribution in [3.05, 3.63) is 64.7 Å². The molecule has 0 unspecified atom stereocenters. The molecule has 0 saturated heterocycles. The molecule has 0 aliphatic heterocycles. The molecule has 0 spiro atoms. The number of hydrogen-bond acceptors (Lipinski definition) is 3. The summed E-state index contributed by atoms with van der Waals surface area (Å²) < 4.78 is 10.9. The van der Waals surface area contributed by atoms with Crippen LogP contribution in [0.3, 0.4) is 0 Å². The minimum atomic E-state index is -0.681. The minimum absolute atomic E-state index is 0.107. The highest BCUT2D eigenvalue weighted by Gasteiger charge is 2.17. The van der Waals surface area contributed by atoms with Crippen molar-refractivity contribution in [2.24, 2.45) is 0 Å². The lowest BCUT2D eigenvalue weighted by Crippen LogP contribution is -2.26. The van der Waals surface area contributed by atoms with Gasteiger partial charge in [0.1, 0.15) is 12.4 Å². The standard InChI is InChI=1S/C20H23ClO3/c1-14(24-18-11-9-17(21)10-12-18)19(22)23-13-15-5-7-16(8-6-15)20(2,3)4/h5-12,14H,13H2,1-4H3/t14-/m0/s1. The first-order valence-electron chi connectivity index (χ1n) is 7.94. The SMILES string of the molecule is C[C@H](Oc1ccc(Cl)cc1)C(=O)OCc1ccc(C(C)(C)C)cc1. The van der Waals surface area contributed by atoms with Crippen LogP contribution in [0.15, 0.2) is 48.5 Å². The van der Waals surface area contributed by atoms with E-state index < -0.39 is 12.1 Å². The second-order valence-corrected chi connectivity index (χ2v) is 7.21. The van der Waals surface area contributed by atoms with Gasteiger partial charge in [0, 0.05) is 5.02 Å². The summed E-state index contributed by atoms with van der Waals surface area (Å²) in [5, 5.41) is 0.622. The van der Waals surface area contributed by atoms with Gasteiger partial charge in [-0.1, -0.05) is 56.6 Å². The predicted molar refractivity (Wildman–Crippen MR) is 96.5 cm³/mol. The summed E-state index contributed by atoms with van der Waals surface area (Å²) in [6.45, 7) is 8.39. The lowest BCUT2D eigenvalue weighted by atomic mass is 9.87. The molecule has 128 valence electrons. The van der Waals surface area contributed by atoms with Crippen LogP contribution in [0.25, 0.3) is 0 Å². The topological polar surface area (TPSA) is 35.5 Å². The Morgan fingerprint density at radius 3 is 2.17 bits per heavy atom. The van der Waals surface area contributed by atoms with Gasteiger partial charge in [0.2, 0.25) is 0 Å². The van der Waals surface area contributed by atoms with Crippen LogP contribution in [0.4, 0.5) is 0 Å². The van der Waals surface area contributed by atoms with Crippen LogP contribution in [0, 0.1) is 0 Å². The summed E-state index contributed by atoms with van der Waals surface area (Å²) in [4.78, 5) is 12.0. The zero-order valence-corrected chi connectivity index (χ0v) is 15.3. The highest BCUT2D eigenvalue weighted by Crippen LogP contribution is 2.22. The van der Waals surface area contributed by atoms with Crippen LogP contribution < -0.4 is 4.74 Å². The van der Waals surface area contributed by atoms with Crippen molar-refractivity contribution in [2.75, 3.05) is 0 Å². The Hall–Kier alpha value is -2.00. The largest absolute Gasteiger partial charge is 0.479 e. The van der Waals surface area contributed by atoms with Crippen LogP contribution in [-0.4, -0.2) is 12.1 Å². The molecule has 2 aromatic carbocycles. The molecule has 2 aromatic rings. The molecule has 0 heterocycles. The van der Waals surface area contributed by atoms with Crippen molar-refractivity contribution >= 4 is 17.6 Å². The molecule has 1 atom stereocenters. The second kappa shape index (κ2) is 7.71. The summed E-state index contributed by atoms with van der Waals surface area (Å²) in [5.41, 5.74) is 2.31. The summed E-state index contributed by atoms with van der Waals surface area (Å²) in [6.07, 6.45) is -0.681. The zero-order valence-electron chi connectivity index (χ0n) is 14.5. The first-order chi connectivity index (χ1) is 11.3. The lowest BCUT2D eigenvalue weighted by molar-refractivity contribution is -0.152. The van der Waals surface area contributed by atoms with E-state index in [4.69, 9.17) is 21.1 Å². The van der Waals surface area contributed by atoms with E-state index in [1.807, 2.05) is 12.1 Å². The molecule has 0 N–H and O–H groups in total. The first-order valence-corrected chi connectivity index (χ1v) is 8.32. The number of rotatable bonds is 5. The fourth-order valence-corrected chi connectivity index (χ4v) is 2.26. The summed E-state index contributed by atoms with van der Waals surface area (Å²) in [5.74, 6) is 0.184. The van der Waals surface area contributed by atoms with Gasteiger partial charge < -0.3 is 9.47 Å². The maximum absolute atomic E-state index is 12.0. The van der Waals surface area contributed by atoms with Crippen molar-refractivity contribution in [3.8, 4) is 5.75 Å². The highest BCUT2D eigenvalue weighted by molar-refractivity contribution is 6.30. The molecule has 0 saturated carbocycles. The number of halogens is 1. The van der Waals surface area contributed by atoms with E-state index in [1.54, 1.807) is 31.2 Å². The molecule has 2 rings (SSSR count). The number of hydrogen-bond donors (Lipinski definition) is 0. The molecule has 0 fully saturated rings. The van der Waals surface area contributed by atoms with Crippen molar-refractivity contribution in [2.45, 2.75) is 45.8 Å². The Bertz CT molecular complexity index is 670. The summed E-state index contributed by atoms with van der Waals surface area (Å²) in [7, 11) is 0. The number of carbonyl (C=O) groups is 1. The first kappa shape index (κ1) is 18.3. The van der Waals surface area contributed by atoms with Crippen LogP contribution in [0.1, 0.15) is 38.8 Å². The Balaban J connectivity index is 1.86. The van der Waals surface area contributed by atoms with Gasteiger partial charge in [-0.15, -0.1) is 0 Å². The molecule has 0 aliphatic carbocycles. The number of esters is 1. The lowest BCUT2D eigenvalue weighted by Gasteiger charge is -2.19. The van der Waals surface area contributed by atoms with Gasteiger partial charge in [0.15, 0.2) is 6.10 Å². The van der Waals surface area contributed by atoms with E-state index >= 15 is 0 Å². The van der Waals surface area contributed by atoms with Crippen molar-refractivity contribution < 1.29 is 14.3 Å². The third kappa shape index (κ3) is 5.27. The fourth-order valence-electron chi connectivity index (χ4n) is 2.14. The van der Waals surface area contributed by atoms with Gasteiger partial charge in [-0.05, 0) is 47.7 Å². The predicted octanol–water partition coefficient (Wildman–Crippen LogP) is 5.15. The average Bonchev–Trinajstić information content (AvgIpc) is 2.54. The second-order valence-electron chi connectivity index (χ2n) is 6.77. The molecular formula is C20H23ClO3. The van der Waals surface area contributed by atoms with E-state index in [0.29, 0.717) is 10.8 Å². The molecular weight excluding hydrogens is 324 g/mol. The Morgan fingerprint density at radius 2 is 1.62 bits per heavy atom. The highest BCUT2D eigenvalue weighted by atomic mass is 35.5. The van der Waals surface area contributed by atoms with E-state index in [1.165, 1.54) is 5.56 Å². The van der Waals surface area contributed by atoms with Gasteiger partial charge in [0.05, 0.1) is 0 Å². The van der Waals surface area contributed by atoms with Crippen molar-refractivity contribution in [1.29, 1.82) is 0 Å². The van der Waals surface area contributed by atoms with Gasteiger partial charge >= 0.3 is 5.97 Å². The molecule has 0 aromatic heterocycles. The van der Waals surface area contributed by atoms with Gasteiger partial charge in [-0.25, -0.2) is 4.79 Å². The minimum Gasteiger partial charge on any atom is -0.479 e. The molecule has 0 bridgehead atoms. The number of carbonyl (C=O) groups excluding carboxylic acids is 1. The van der Waals surface area contributed by atoms with E-state index in [9.17, 15) is 4.79 Å². The zero-order chi connectivity index (χ0) is 17.7. The third-order valence-electron chi connectivity index (χ3n) is 3.66.